The van der Waals surface area contributed by atoms with Crippen molar-refractivity contribution in [2.24, 2.45) is 0 Å². The van der Waals surface area contributed by atoms with E-state index in [9.17, 15) is 0 Å². The fourth-order valence-corrected chi connectivity index (χ4v) is 3.85. The molecule has 0 saturated carbocycles. The highest BCUT2D eigenvalue weighted by atomic mass is 15.3. The number of nitrogens with zero attached hydrogens (tertiary/aromatic N) is 4. The smallest absolute Gasteiger partial charge is 0.134 e. The Labute approximate surface area is 173 Å². The van der Waals surface area contributed by atoms with Gasteiger partial charge in [-0.3, -0.25) is 0 Å². The molecule has 1 aliphatic rings. The lowest BCUT2D eigenvalue weighted by Crippen LogP contribution is -2.47. The minimum atomic E-state index is 0.761. The third-order valence-corrected chi connectivity index (χ3v) is 5.66. The van der Waals surface area contributed by atoms with Crippen molar-refractivity contribution in [3.8, 4) is 0 Å². The van der Waals surface area contributed by atoms with Crippen LogP contribution in [0, 0.1) is 20.8 Å². The van der Waals surface area contributed by atoms with E-state index in [1.807, 2.05) is 13.0 Å². The van der Waals surface area contributed by atoms with Gasteiger partial charge in [0.15, 0.2) is 0 Å². The molecule has 1 saturated heterocycles. The first kappa shape index (κ1) is 19.2. The predicted molar refractivity (Wildman–Crippen MR) is 121 cm³/mol. The Kier molecular flexibility index (Phi) is 5.65. The molecular weight excluding hydrogens is 358 g/mol. The maximum absolute atomic E-state index is 4.70. The highest BCUT2D eigenvalue weighted by molar-refractivity contribution is 5.58. The molecule has 0 aliphatic carbocycles. The Morgan fingerprint density at radius 3 is 2.31 bits per heavy atom. The van der Waals surface area contributed by atoms with Crippen molar-refractivity contribution in [3.05, 3.63) is 77.1 Å². The van der Waals surface area contributed by atoms with Crippen molar-refractivity contribution in [1.29, 1.82) is 0 Å². The van der Waals surface area contributed by atoms with Crippen LogP contribution < -0.4 is 15.1 Å². The van der Waals surface area contributed by atoms with E-state index in [0.717, 1.165) is 50.2 Å². The molecule has 0 spiro atoms. The van der Waals surface area contributed by atoms with Gasteiger partial charge in [0.1, 0.15) is 17.5 Å². The normalized spacial score (nSPS) is 14.2. The average molecular weight is 388 g/mol. The molecule has 0 unspecified atom stereocenters. The van der Waals surface area contributed by atoms with Crippen molar-refractivity contribution in [3.63, 3.8) is 0 Å². The third kappa shape index (κ3) is 4.50. The van der Waals surface area contributed by atoms with E-state index in [1.165, 1.54) is 22.4 Å². The first-order chi connectivity index (χ1) is 14.1. The third-order valence-electron chi connectivity index (χ3n) is 5.66. The van der Waals surface area contributed by atoms with Gasteiger partial charge in [-0.25, -0.2) is 9.97 Å². The molecular formula is C24H29N5. The monoisotopic (exact) mass is 387 g/mol. The first-order valence-corrected chi connectivity index (χ1v) is 10.3. The van der Waals surface area contributed by atoms with E-state index in [1.54, 1.807) is 0 Å². The van der Waals surface area contributed by atoms with Crippen LogP contribution in [0.25, 0.3) is 0 Å². The number of hydrogen-bond donors (Lipinski definition) is 1. The first-order valence-electron chi connectivity index (χ1n) is 10.3. The molecule has 2 aromatic carbocycles. The van der Waals surface area contributed by atoms with E-state index in [2.05, 4.69) is 82.5 Å². The molecule has 29 heavy (non-hydrogen) atoms. The van der Waals surface area contributed by atoms with Crippen molar-refractivity contribution >= 4 is 17.3 Å². The number of aromatic nitrogens is 2. The maximum atomic E-state index is 4.70. The molecule has 1 aliphatic heterocycles. The Hall–Kier alpha value is -3.08. The fraction of sp³-hybridized carbons (Fsp3) is 0.333. The van der Waals surface area contributed by atoms with Crippen LogP contribution >= 0.6 is 0 Å². The van der Waals surface area contributed by atoms with Gasteiger partial charge in [0, 0.05) is 44.5 Å². The van der Waals surface area contributed by atoms with Gasteiger partial charge < -0.3 is 15.1 Å². The summed E-state index contributed by atoms with van der Waals surface area (Å²) in [6.45, 7) is 11.0. The van der Waals surface area contributed by atoms with Crippen LogP contribution in [0.5, 0.6) is 0 Å². The Morgan fingerprint density at radius 1 is 0.828 bits per heavy atom. The molecule has 0 bridgehead atoms. The number of benzene rings is 2. The minimum absolute atomic E-state index is 0.761. The summed E-state index contributed by atoms with van der Waals surface area (Å²) in [4.78, 5) is 14.1. The number of anilines is 3. The summed E-state index contributed by atoms with van der Waals surface area (Å²) in [6, 6.07) is 19.0. The second-order valence-electron chi connectivity index (χ2n) is 7.69. The largest absolute Gasteiger partial charge is 0.368 e. The van der Waals surface area contributed by atoms with Gasteiger partial charge in [-0.15, -0.1) is 0 Å². The number of aryl methyl sites for hydroxylation is 2. The van der Waals surface area contributed by atoms with Crippen LogP contribution in [0.1, 0.15) is 22.5 Å². The maximum Gasteiger partial charge on any atom is 0.134 e. The standard InChI is InChI=1S/C24H29N5/c1-18-8-7-11-22(19(18)2)28-12-14-29(15-13-28)24-16-23(26-20(3)27-24)25-17-21-9-5-4-6-10-21/h4-11,16H,12-15,17H2,1-3H3,(H,25,26,27). The summed E-state index contributed by atoms with van der Waals surface area (Å²) in [5, 5.41) is 3.44. The summed E-state index contributed by atoms with van der Waals surface area (Å²) in [7, 11) is 0. The topological polar surface area (TPSA) is 44.3 Å². The lowest BCUT2D eigenvalue weighted by atomic mass is 10.1. The minimum Gasteiger partial charge on any atom is -0.368 e. The van der Waals surface area contributed by atoms with Crippen LogP contribution in [0.4, 0.5) is 17.3 Å². The predicted octanol–water partition coefficient (Wildman–Crippen LogP) is 4.34. The number of hydrogen-bond acceptors (Lipinski definition) is 5. The van der Waals surface area contributed by atoms with Crippen LogP contribution in [0.3, 0.4) is 0 Å². The molecule has 150 valence electrons. The van der Waals surface area contributed by atoms with E-state index in [-0.39, 0.29) is 0 Å². The highest BCUT2D eigenvalue weighted by Gasteiger charge is 2.20. The lowest BCUT2D eigenvalue weighted by molar-refractivity contribution is 0.644. The highest BCUT2D eigenvalue weighted by Crippen LogP contribution is 2.25. The van der Waals surface area contributed by atoms with E-state index in [4.69, 9.17) is 4.98 Å². The van der Waals surface area contributed by atoms with Gasteiger partial charge in [-0.2, -0.15) is 0 Å². The molecule has 1 fully saturated rings. The Bertz CT molecular complexity index is 962. The van der Waals surface area contributed by atoms with Crippen molar-refractivity contribution < 1.29 is 0 Å². The quantitative estimate of drug-likeness (QED) is 0.705. The molecule has 4 rings (SSSR count). The van der Waals surface area contributed by atoms with E-state index in [0.29, 0.717) is 0 Å². The molecule has 5 nitrogen and oxygen atoms in total. The Morgan fingerprint density at radius 2 is 1.55 bits per heavy atom. The summed E-state index contributed by atoms with van der Waals surface area (Å²) in [5.74, 6) is 2.69. The zero-order valence-corrected chi connectivity index (χ0v) is 17.5. The van der Waals surface area contributed by atoms with E-state index < -0.39 is 0 Å². The summed E-state index contributed by atoms with van der Waals surface area (Å²) < 4.78 is 0. The Balaban J connectivity index is 1.43. The molecule has 3 aromatic rings. The van der Waals surface area contributed by atoms with Gasteiger partial charge in [-0.1, -0.05) is 42.5 Å². The summed E-state index contributed by atoms with van der Waals surface area (Å²) >= 11 is 0. The number of piperazine rings is 1. The van der Waals surface area contributed by atoms with Crippen molar-refractivity contribution in [1.82, 2.24) is 9.97 Å². The van der Waals surface area contributed by atoms with Crippen LogP contribution in [0.15, 0.2) is 54.6 Å². The number of nitrogens with one attached hydrogen (secondary N) is 1. The second kappa shape index (κ2) is 8.52. The van der Waals surface area contributed by atoms with Crippen LogP contribution in [0.2, 0.25) is 0 Å². The molecule has 2 heterocycles. The molecule has 0 amide bonds. The zero-order valence-electron chi connectivity index (χ0n) is 17.5. The summed E-state index contributed by atoms with van der Waals surface area (Å²) in [6.07, 6.45) is 0. The van der Waals surface area contributed by atoms with E-state index >= 15 is 0 Å². The fourth-order valence-electron chi connectivity index (χ4n) is 3.85. The average Bonchev–Trinajstić information content (AvgIpc) is 2.75. The van der Waals surface area contributed by atoms with Gasteiger partial charge in [0.2, 0.25) is 0 Å². The van der Waals surface area contributed by atoms with Gasteiger partial charge >= 0.3 is 0 Å². The van der Waals surface area contributed by atoms with Gasteiger partial charge in [0.05, 0.1) is 0 Å². The zero-order chi connectivity index (χ0) is 20.2. The molecule has 5 heteroatoms. The summed E-state index contributed by atoms with van der Waals surface area (Å²) in [5.41, 5.74) is 5.33. The SMILES string of the molecule is Cc1nc(NCc2ccccc2)cc(N2CCN(c3cccc(C)c3C)CC2)n1. The second-order valence-corrected chi connectivity index (χ2v) is 7.69. The number of rotatable bonds is 5. The molecule has 0 radical (unpaired) electrons. The molecule has 0 atom stereocenters. The molecule has 1 N–H and O–H groups in total. The lowest BCUT2D eigenvalue weighted by Gasteiger charge is -2.37. The molecule has 1 aromatic heterocycles. The van der Waals surface area contributed by atoms with Gasteiger partial charge in [0.25, 0.3) is 0 Å². The van der Waals surface area contributed by atoms with Crippen LogP contribution in [-0.4, -0.2) is 36.1 Å². The van der Waals surface area contributed by atoms with Crippen molar-refractivity contribution in [2.75, 3.05) is 41.3 Å². The van der Waals surface area contributed by atoms with Crippen LogP contribution in [-0.2, 0) is 6.54 Å². The van der Waals surface area contributed by atoms with Gasteiger partial charge in [-0.05, 0) is 43.5 Å². The van der Waals surface area contributed by atoms with Crippen molar-refractivity contribution in [2.45, 2.75) is 27.3 Å².